The van der Waals surface area contributed by atoms with E-state index in [0.29, 0.717) is 0 Å². The first-order valence-electron chi connectivity index (χ1n) is 6.35. The minimum absolute atomic E-state index is 0.0270. The molecule has 0 unspecified atom stereocenters. The highest BCUT2D eigenvalue weighted by atomic mass is 16.5. The first-order chi connectivity index (χ1) is 10.4. The lowest BCUT2D eigenvalue weighted by Gasteiger charge is -2.27. The highest BCUT2D eigenvalue weighted by Crippen LogP contribution is 2.37. The van der Waals surface area contributed by atoms with Crippen LogP contribution in [0.15, 0.2) is 11.1 Å². The van der Waals surface area contributed by atoms with Gasteiger partial charge in [-0.1, -0.05) is 5.92 Å². The number of imidazole rings is 1. The Labute approximate surface area is 123 Å². The summed E-state index contributed by atoms with van der Waals surface area (Å²) in [5, 5.41) is 19.4. The summed E-state index contributed by atoms with van der Waals surface area (Å²) in [4.78, 5) is 22.0. The number of nitrogen functional groups attached to an aromatic ring is 1. The van der Waals surface area contributed by atoms with E-state index in [1.807, 2.05) is 0 Å². The van der Waals surface area contributed by atoms with Crippen LogP contribution in [0.4, 0.5) is 5.95 Å². The Kier molecular flexibility index (Phi) is 3.15. The predicted octanol–water partition coefficient (Wildman–Crippen LogP) is -2.72. The van der Waals surface area contributed by atoms with E-state index in [1.165, 1.54) is 10.9 Å². The molecule has 1 aliphatic heterocycles. The number of aliphatic hydroxyl groups is 2. The van der Waals surface area contributed by atoms with Crippen molar-refractivity contribution >= 4 is 17.1 Å². The zero-order valence-electron chi connectivity index (χ0n) is 11.3. The summed E-state index contributed by atoms with van der Waals surface area (Å²) < 4.78 is 6.84. The first kappa shape index (κ1) is 14.5. The van der Waals surface area contributed by atoms with Crippen molar-refractivity contribution in [1.29, 1.82) is 0 Å². The van der Waals surface area contributed by atoms with E-state index < -0.39 is 36.1 Å². The molecule has 1 saturated heterocycles. The van der Waals surface area contributed by atoms with Crippen molar-refractivity contribution in [2.75, 3.05) is 12.3 Å². The van der Waals surface area contributed by atoms with Gasteiger partial charge in [0, 0.05) is 0 Å². The summed E-state index contributed by atoms with van der Waals surface area (Å²) in [7, 11) is 0. The fourth-order valence-electron chi connectivity index (χ4n) is 2.52. The van der Waals surface area contributed by atoms with Gasteiger partial charge in [-0.2, -0.15) is 4.98 Å². The molecule has 10 heteroatoms. The number of fused-ring (bicyclic) bond motifs is 1. The minimum Gasteiger partial charge on any atom is -0.394 e. The van der Waals surface area contributed by atoms with Crippen molar-refractivity contribution < 1.29 is 14.9 Å². The molecule has 116 valence electrons. The van der Waals surface area contributed by atoms with Crippen molar-refractivity contribution in [2.45, 2.75) is 24.0 Å². The average Bonchev–Trinajstić information content (AvgIpc) is 3.00. The van der Waals surface area contributed by atoms with E-state index in [9.17, 15) is 15.0 Å². The number of anilines is 1. The maximum Gasteiger partial charge on any atom is 0.280 e. The van der Waals surface area contributed by atoms with Crippen LogP contribution in [0.2, 0.25) is 0 Å². The third kappa shape index (κ3) is 1.81. The van der Waals surface area contributed by atoms with Crippen LogP contribution in [0, 0.1) is 12.3 Å². The number of ether oxygens (including phenoxy) is 1. The minimum atomic E-state index is -1.62. The van der Waals surface area contributed by atoms with Crippen molar-refractivity contribution in [2.24, 2.45) is 5.73 Å². The van der Waals surface area contributed by atoms with E-state index in [-0.39, 0.29) is 17.1 Å². The molecular formula is C12H14N6O4. The fraction of sp³-hybridized carbons (Fsp3) is 0.417. The van der Waals surface area contributed by atoms with Crippen LogP contribution in [0.3, 0.4) is 0 Å². The Morgan fingerprint density at radius 2 is 2.36 bits per heavy atom. The number of aromatic amines is 1. The maximum absolute atomic E-state index is 11.8. The molecule has 0 saturated carbocycles. The number of rotatable bonds is 2. The van der Waals surface area contributed by atoms with E-state index in [1.54, 1.807) is 0 Å². The number of aliphatic hydroxyl groups excluding tert-OH is 2. The topological polar surface area (TPSA) is 165 Å². The van der Waals surface area contributed by atoms with Gasteiger partial charge in [-0.3, -0.25) is 14.3 Å². The van der Waals surface area contributed by atoms with Gasteiger partial charge in [-0.05, 0) is 0 Å². The summed E-state index contributed by atoms with van der Waals surface area (Å²) in [6.07, 6.45) is 3.36. The van der Waals surface area contributed by atoms with Crippen LogP contribution in [-0.2, 0) is 4.74 Å². The Hall–Kier alpha value is -2.45. The molecule has 0 radical (unpaired) electrons. The van der Waals surface area contributed by atoms with Gasteiger partial charge in [-0.15, -0.1) is 6.42 Å². The van der Waals surface area contributed by atoms with E-state index in [0.717, 1.165) is 0 Å². The van der Waals surface area contributed by atoms with Gasteiger partial charge in [0.05, 0.1) is 12.9 Å². The van der Waals surface area contributed by atoms with Crippen LogP contribution in [0.1, 0.15) is 6.23 Å². The molecule has 3 rings (SSSR count). The number of hydrogen-bond acceptors (Lipinski definition) is 8. The molecule has 0 aliphatic carbocycles. The standard InChI is InChI=1S/C12H14N6O4/c1-2-12(14)7(20)5(3-19)22-10(12)18-4-15-6-8(18)16-11(13)17-9(6)21/h1,4-5,7,10,19-20H,3,14H2,(H3,13,16,17,21)/t5-,7-,10-,12-/m1/s1. The normalized spacial score (nSPS) is 31.5. The summed E-state index contributed by atoms with van der Waals surface area (Å²) in [6.45, 7) is -0.471. The Balaban J connectivity index is 2.19. The average molecular weight is 306 g/mol. The summed E-state index contributed by atoms with van der Waals surface area (Å²) in [6, 6.07) is 0. The number of nitrogens with two attached hydrogens (primary N) is 2. The second kappa shape index (κ2) is 4.79. The molecule has 0 amide bonds. The van der Waals surface area contributed by atoms with Crippen molar-refractivity contribution in [3.05, 3.63) is 16.7 Å². The highest BCUT2D eigenvalue weighted by Gasteiger charge is 2.54. The third-order valence-corrected chi connectivity index (χ3v) is 3.69. The molecule has 4 atom stereocenters. The lowest BCUT2D eigenvalue weighted by atomic mass is 9.92. The van der Waals surface area contributed by atoms with Crippen LogP contribution >= 0.6 is 0 Å². The number of H-pyrrole nitrogens is 1. The number of nitrogens with zero attached hydrogens (tertiary/aromatic N) is 3. The second-order valence-corrected chi connectivity index (χ2v) is 5.01. The molecule has 2 aromatic heterocycles. The Morgan fingerprint density at radius 1 is 1.64 bits per heavy atom. The zero-order valence-corrected chi connectivity index (χ0v) is 11.3. The third-order valence-electron chi connectivity index (χ3n) is 3.69. The summed E-state index contributed by atoms with van der Waals surface area (Å²) >= 11 is 0. The number of terminal acetylenes is 1. The van der Waals surface area contributed by atoms with E-state index in [2.05, 4.69) is 20.9 Å². The predicted molar refractivity (Wildman–Crippen MR) is 75.3 cm³/mol. The van der Waals surface area contributed by atoms with Crippen molar-refractivity contribution in [3.63, 3.8) is 0 Å². The number of aromatic nitrogens is 4. The molecule has 1 aliphatic rings. The largest absolute Gasteiger partial charge is 0.394 e. The lowest BCUT2D eigenvalue weighted by molar-refractivity contribution is -0.0447. The molecule has 2 aromatic rings. The van der Waals surface area contributed by atoms with Crippen LogP contribution in [-0.4, -0.2) is 54.1 Å². The Morgan fingerprint density at radius 3 is 3.00 bits per heavy atom. The first-order valence-corrected chi connectivity index (χ1v) is 6.35. The maximum atomic E-state index is 11.8. The number of nitrogens with one attached hydrogen (secondary N) is 1. The van der Waals surface area contributed by atoms with Crippen molar-refractivity contribution in [3.8, 4) is 12.3 Å². The highest BCUT2D eigenvalue weighted by molar-refractivity contribution is 5.70. The van der Waals surface area contributed by atoms with Gasteiger partial charge in [0.1, 0.15) is 12.2 Å². The SMILES string of the molecule is C#C[C@@]1(N)[C@H](O)[C@@H](CO)O[C@H]1n1cnc2c(=O)[nH]c(N)nc21. The van der Waals surface area contributed by atoms with Crippen LogP contribution in [0.5, 0.6) is 0 Å². The molecule has 3 heterocycles. The van der Waals surface area contributed by atoms with Crippen LogP contribution < -0.4 is 17.0 Å². The quantitative estimate of drug-likeness (QED) is 0.373. The monoisotopic (exact) mass is 306 g/mol. The van der Waals surface area contributed by atoms with Gasteiger partial charge >= 0.3 is 0 Å². The molecule has 0 spiro atoms. The van der Waals surface area contributed by atoms with E-state index in [4.69, 9.17) is 22.6 Å². The fourth-order valence-corrected chi connectivity index (χ4v) is 2.52. The van der Waals surface area contributed by atoms with Gasteiger partial charge in [0.2, 0.25) is 5.95 Å². The smallest absolute Gasteiger partial charge is 0.280 e. The molecule has 0 aromatic carbocycles. The van der Waals surface area contributed by atoms with Gasteiger partial charge in [0.25, 0.3) is 5.56 Å². The molecule has 0 bridgehead atoms. The second-order valence-electron chi connectivity index (χ2n) is 5.01. The van der Waals surface area contributed by atoms with E-state index >= 15 is 0 Å². The zero-order chi connectivity index (χ0) is 16.1. The van der Waals surface area contributed by atoms with Crippen LogP contribution in [0.25, 0.3) is 11.2 Å². The molecule has 10 nitrogen and oxygen atoms in total. The Bertz CT molecular complexity index is 823. The molecule has 22 heavy (non-hydrogen) atoms. The summed E-state index contributed by atoms with van der Waals surface area (Å²) in [5.41, 5.74) is 9.57. The van der Waals surface area contributed by atoms with Gasteiger partial charge < -0.3 is 26.4 Å². The van der Waals surface area contributed by atoms with Crippen molar-refractivity contribution in [1.82, 2.24) is 19.5 Å². The number of hydrogen-bond donors (Lipinski definition) is 5. The van der Waals surface area contributed by atoms with Gasteiger partial charge in [-0.25, -0.2) is 4.98 Å². The summed E-state index contributed by atoms with van der Waals surface area (Å²) in [5.74, 6) is 2.17. The molecule has 1 fully saturated rings. The molecular weight excluding hydrogens is 292 g/mol. The molecule has 7 N–H and O–H groups in total. The van der Waals surface area contributed by atoms with Gasteiger partial charge in [0.15, 0.2) is 22.9 Å². The lowest BCUT2D eigenvalue weighted by Crippen LogP contribution is -2.53.